The number of carbonyl (C=O) groups is 1. The lowest BCUT2D eigenvalue weighted by molar-refractivity contribution is 0.102. The van der Waals surface area contributed by atoms with Crippen LogP contribution in [0.4, 0.5) is 10.1 Å². The van der Waals surface area contributed by atoms with Gasteiger partial charge in [0.1, 0.15) is 11.6 Å². The number of anilines is 1. The smallest absolute Gasteiger partial charge is 0.258 e. The number of nitrogens with one attached hydrogen (secondary N) is 2. The number of para-hydroxylation sites is 2. The number of rotatable bonds is 3. The average molecular weight is 345 g/mol. The number of halogens is 1. The minimum absolute atomic E-state index is 0.0149. The molecule has 0 saturated heterocycles. The molecule has 4 rings (SSSR count). The van der Waals surface area contributed by atoms with Gasteiger partial charge >= 0.3 is 0 Å². The molecule has 0 spiro atoms. The summed E-state index contributed by atoms with van der Waals surface area (Å²) in [7, 11) is 0. The Morgan fingerprint density at radius 2 is 1.81 bits per heavy atom. The van der Waals surface area contributed by atoms with E-state index in [1.54, 1.807) is 12.1 Å². The number of aromatic amines is 1. The molecule has 0 aliphatic heterocycles. The van der Waals surface area contributed by atoms with Crippen molar-refractivity contribution in [3.05, 3.63) is 83.7 Å². The summed E-state index contributed by atoms with van der Waals surface area (Å²) in [4.78, 5) is 20.2. The highest BCUT2D eigenvalue weighted by molar-refractivity contribution is 6.05. The van der Waals surface area contributed by atoms with Gasteiger partial charge in [0.15, 0.2) is 0 Å². The molecule has 3 aromatic carbocycles. The Balaban J connectivity index is 1.68. The maximum Gasteiger partial charge on any atom is 0.258 e. The minimum atomic E-state index is -0.545. The van der Waals surface area contributed by atoms with Crippen LogP contribution in [0.15, 0.2) is 66.7 Å². The molecule has 0 bridgehead atoms. The third-order valence-electron chi connectivity index (χ3n) is 4.27. The first-order valence-corrected chi connectivity index (χ1v) is 8.23. The van der Waals surface area contributed by atoms with E-state index in [1.165, 1.54) is 12.1 Å². The van der Waals surface area contributed by atoms with Crippen molar-refractivity contribution in [2.24, 2.45) is 0 Å². The largest absolute Gasteiger partial charge is 0.338 e. The fraction of sp³-hybridized carbons (Fsp3) is 0.0476. The SMILES string of the molecule is Cc1ccc(-c2nc3ccccc3[nH]2)cc1NC(=O)c1ccccc1F. The Kier molecular flexibility index (Phi) is 3.97. The number of fused-ring (bicyclic) bond motifs is 1. The van der Waals surface area contributed by atoms with E-state index in [2.05, 4.69) is 15.3 Å². The summed E-state index contributed by atoms with van der Waals surface area (Å²) in [6.45, 7) is 1.89. The second kappa shape index (κ2) is 6.44. The molecule has 0 radical (unpaired) electrons. The Morgan fingerprint density at radius 3 is 2.62 bits per heavy atom. The van der Waals surface area contributed by atoms with Crippen LogP contribution in [0.5, 0.6) is 0 Å². The van der Waals surface area contributed by atoms with E-state index in [0.717, 1.165) is 22.2 Å². The third kappa shape index (κ3) is 2.95. The standard InChI is InChI=1S/C21H16FN3O/c1-13-10-11-14(20-23-17-8-4-5-9-18(17)24-20)12-19(13)25-21(26)15-6-2-3-7-16(15)22/h2-12H,1H3,(H,23,24)(H,25,26). The number of carbonyl (C=O) groups excluding carboxylic acids is 1. The molecule has 128 valence electrons. The van der Waals surface area contributed by atoms with Crippen molar-refractivity contribution < 1.29 is 9.18 Å². The molecule has 1 amide bonds. The summed E-state index contributed by atoms with van der Waals surface area (Å²) in [6, 6.07) is 19.4. The first-order valence-electron chi connectivity index (χ1n) is 8.23. The first-order chi connectivity index (χ1) is 12.6. The number of imidazole rings is 1. The van der Waals surface area contributed by atoms with E-state index in [9.17, 15) is 9.18 Å². The first kappa shape index (κ1) is 16.0. The van der Waals surface area contributed by atoms with Gasteiger partial charge in [-0.25, -0.2) is 9.37 Å². The number of aryl methyl sites for hydroxylation is 1. The zero-order chi connectivity index (χ0) is 18.1. The molecular formula is C21H16FN3O. The van der Waals surface area contributed by atoms with Crippen LogP contribution in [0.2, 0.25) is 0 Å². The van der Waals surface area contributed by atoms with Crippen molar-refractivity contribution in [2.45, 2.75) is 6.92 Å². The molecule has 0 aliphatic carbocycles. The molecule has 0 saturated carbocycles. The van der Waals surface area contributed by atoms with Crippen LogP contribution in [0.1, 0.15) is 15.9 Å². The quantitative estimate of drug-likeness (QED) is 0.553. The Hall–Kier alpha value is -3.47. The third-order valence-corrected chi connectivity index (χ3v) is 4.27. The van der Waals surface area contributed by atoms with Crippen LogP contribution in [0.25, 0.3) is 22.4 Å². The van der Waals surface area contributed by atoms with Gasteiger partial charge in [0.05, 0.1) is 16.6 Å². The van der Waals surface area contributed by atoms with Gasteiger partial charge in [-0.05, 0) is 42.8 Å². The van der Waals surface area contributed by atoms with Gasteiger partial charge in [-0.2, -0.15) is 0 Å². The summed E-state index contributed by atoms with van der Waals surface area (Å²) >= 11 is 0. The molecule has 5 heteroatoms. The molecule has 0 fully saturated rings. The second-order valence-corrected chi connectivity index (χ2v) is 6.07. The lowest BCUT2D eigenvalue weighted by atomic mass is 10.1. The van der Waals surface area contributed by atoms with Crippen LogP contribution < -0.4 is 5.32 Å². The monoisotopic (exact) mass is 345 g/mol. The van der Waals surface area contributed by atoms with Gasteiger partial charge in [-0.1, -0.05) is 36.4 Å². The number of hydrogen-bond donors (Lipinski definition) is 2. The van der Waals surface area contributed by atoms with Gasteiger partial charge in [-0.3, -0.25) is 4.79 Å². The van der Waals surface area contributed by atoms with Crippen LogP contribution in [0, 0.1) is 12.7 Å². The van der Waals surface area contributed by atoms with E-state index in [1.807, 2.05) is 49.4 Å². The molecule has 0 atom stereocenters. The molecule has 2 N–H and O–H groups in total. The molecule has 4 nitrogen and oxygen atoms in total. The maximum absolute atomic E-state index is 13.8. The zero-order valence-electron chi connectivity index (χ0n) is 14.1. The number of benzene rings is 3. The van der Waals surface area contributed by atoms with Crippen LogP contribution >= 0.6 is 0 Å². The Morgan fingerprint density at radius 1 is 1.04 bits per heavy atom. The van der Waals surface area contributed by atoms with Crippen molar-refractivity contribution in [1.29, 1.82) is 0 Å². The van der Waals surface area contributed by atoms with Crippen molar-refractivity contribution in [1.82, 2.24) is 9.97 Å². The molecule has 1 aromatic heterocycles. The van der Waals surface area contributed by atoms with Gasteiger partial charge < -0.3 is 10.3 Å². The summed E-state index contributed by atoms with van der Waals surface area (Å²) in [5.41, 5.74) is 4.18. The molecule has 0 unspecified atom stereocenters. The fourth-order valence-electron chi connectivity index (χ4n) is 2.83. The van der Waals surface area contributed by atoms with E-state index >= 15 is 0 Å². The summed E-state index contributed by atoms with van der Waals surface area (Å²) in [5, 5.41) is 2.79. The van der Waals surface area contributed by atoms with Gasteiger partial charge in [0.25, 0.3) is 5.91 Å². The maximum atomic E-state index is 13.8. The number of amides is 1. The topological polar surface area (TPSA) is 57.8 Å². The summed E-state index contributed by atoms with van der Waals surface area (Å²) in [5.74, 6) is -0.309. The highest BCUT2D eigenvalue weighted by Crippen LogP contribution is 2.26. The molecule has 1 heterocycles. The normalized spacial score (nSPS) is 10.8. The average Bonchev–Trinajstić information content (AvgIpc) is 3.08. The molecule has 0 aliphatic rings. The fourth-order valence-corrected chi connectivity index (χ4v) is 2.83. The predicted octanol–water partition coefficient (Wildman–Crippen LogP) is 4.93. The summed E-state index contributed by atoms with van der Waals surface area (Å²) < 4.78 is 13.8. The number of H-pyrrole nitrogens is 1. The lowest BCUT2D eigenvalue weighted by Crippen LogP contribution is -2.14. The Bertz CT molecular complexity index is 1080. The lowest BCUT2D eigenvalue weighted by Gasteiger charge is -2.10. The van der Waals surface area contributed by atoms with Crippen molar-refractivity contribution in [2.75, 3.05) is 5.32 Å². The van der Waals surface area contributed by atoms with Crippen molar-refractivity contribution in [3.63, 3.8) is 0 Å². The van der Waals surface area contributed by atoms with E-state index in [4.69, 9.17) is 0 Å². The van der Waals surface area contributed by atoms with Gasteiger partial charge in [0.2, 0.25) is 0 Å². The minimum Gasteiger partial charge on any atom is -0.338 e. The predicted molar refractivity (Wildman–Crippen MR) is 101 cm³/mol. The van der Waals surface area contributed by atoms with Crippen LogP contribution in [-0.4, -0.2) is 15.9 Å². The van der Waals surface area contributed by atoms with E-state index < -0.39 is 11.7 Å². The summed E-state index contributed by atoms with van der Waals surface area (Å²) in [6.07, 6.45) is 0. The van der Waals surface area contributed by atoms with Crippen LogP contribution in [-0.2, 0) is 0 Å². The van der Waals surface area contributed by atoms with E-state index in [-0.39, 0.29) is 5.56 Å². The number of hydrogen-bond acceptors (Lipinski definition) is 2. The Labute approximate surface area is 149 Å². The number of aromatic nitrogens is 2. The second-order valence-electron chi connectivity index (χ2n) is 6.07. The van der Waals surface area contributed by atoms with E-state index in [0.29, 0.717) is 11.5 Å². The highest BCUT2D eigenvalue weighted by Gasteiger charge is 2.13. The molecule has 26 heavy (non-hydrogen) atoms. The zero-order valence-corrected chi connectivity index (χ0v) is 14.1. The van der Waals surface area contributed by atoms with Crippen molar-refractivity contribution >= 4 is 22.6 Å². The van der Waals surface area contributed by atoms with Crippen LogP contribution in [0.3, 0.4) is 0 Å². The number of nitrogens with zero attached hydrogens (tertiary/aromatic N) is 1. The van der Waals surface area contributed by atoms with Gasteiger partial charge in [0, 0.05) is 11.3 Å². The van der Waals surface area contributed by atoms with Gasteiger partial charge in [-0.15, -0.1) is 0 Å². The highest BCUT2D eigenvalue weighted by atomic mass is 19.1. The molecular weight excluding hydrogens is 329 g/mol. The molecule has 4 aromatic rings. The van der Waals surface area contributed by atoms with Crippen molar-refractivity contribution in [3.8, 4) is 11.4 Å².